The summed E-state index contributed by atoms with van der Waals surface area (Å²) >= 11 is 1.79. The van der Waals surface area contributed by atoms with Crippen molar-refractivity contribution in [3.63, 3.8) is 0 Å². The smallest absolute Gasteiger partial charge is 0.164 e. The highest BCUT2D eigenvalue weighted by molar-refractivity contribution is 7.25. The van der Waals surface area contributed by atoms with Gasteiger partial charge in [0.15, 0.2) is 17.5 Å². The number of hydrogen-bond acceptors (Lipinski definition) is 5. The van der Waals surface area contributed by atoms with Crippen molar-refractivity contribution < 1.29 is 4.42 Å². The van der Waals surface area contributed by atoms with Crippen LogP contribution in [-0.4, -0.2) is 19.5 Å². The molecule has 13 aromatic rings. The zero-order valence-electron chi connectivity index (χ0n) is 33.7. The van der Waals surface area contributed by atoms with Crippen LogP contribution in [-0.2, 0) is 0 Å². The molecule has 6 heteroatoms. The Bertz CT molecular complexity index is 3900. The van der Waals surface area contributed by atoms with Gasteiger partial charge in [0.1, 0.15) is 11.2 Å². The number of furan rings is 1. The van der Waals surface area contributed by atoms with E-state index in [-0.39, 0.29) is 0 Å². The van der Waals surface area contributed by atoms with Gasteiger partial charge in [0.2, 0.25) is 0 Å². The zero-order chi connectivity index (χ0) is 41.4. The summed E-state index contributed by atoms with van der Waals surface area (Å²) in [6.45, 7) is 0. The highest BCUT2D eigenvalue weighted by Gasteiger charge is 2.20. The maximum atomic E-state index is 6.51. The second-order valence-electron chi connectivity index (χ2n) is 16.0. The molecule has 0 aliphatic heterocycles. The van der Waals surface area contributed by atoms with Crippen LogP contribution in [0.3, 0.4) is 0 Å². The van der Waals surface area contributed by atoms with Gasteiger partial charge in [0.05, 0.1) is 11.0 Å². The Labute approximate surface area is 365 Å². The van der Waals surface area contributed by atoms with Crippen LogP contribution < -0.4 is 0 Å². The Hall–Kier alpha value is -8.19. The second kappa shape index (κ2) is 14.2. The first-order valence-electron chi connectivity index (χ1n) is 21.1. The topological polar surface area (TPSA) is 56.7 Å². The normalized spacial score (nSPS) is 11.8. The van der Waals surface area contributed by atoms with Crippen molar-refractivity contribution in [3.05, 3.63) is 206 Å². The largest absolute Gasteiger partial charge is 0.456 e. The fourth-order valence-electron chi connectivity index (χ4n) is 9.26. The van der Waals surface area contributed by atoms with Crippen LogP contribution >= 0.6 is 11.3 Å². The van der Waals surface area contributed by atoms with Crippen LogP contribution in [0.5, 0.6) is 0 Å². The van der Waals surface area contributed by atoms with E-state index >= 15 is 0 Å². The first-order valence-corrected chi connectivity index (χ1v) is 21.9. The van der Waals surface area contributed by atoms with E-state index in [1.165, 1.54) is 53.1 Å². The Morgan fingerprint density at radius 2 is 0.952 bits per heavy atom. The molecular weight excluding hydrogens is 789 g/mol. The van der Waals surface area contributed by atoms with Gasteiger partial charge in [-0.1, -0.05) is 146 Å². The lowest BCUT2D eigenvalue weighted by molar-refractivity contribution is 0.669. The molecule has 294 valence electrons. The number of aromatic nitrogens is 4. The Kier molecular flexibility index (Phi) is 8.01. The maximum absolute atomic E-state index is 6.51. The van der Waals surface area contributed by atoms with E-state index in [9.17, 15) is 0 Å². The molecule has 0 spiro atoms. The van der Waals surface area contributed by atoms with Crippen molar-refractivity contribution in [1.82, 2.24) is 19.5 Å². The third-order valence-corrected chi connectivity index (χ3v) is 13.4. The Balaban J connectivity index is 0.902. The Morgan fingerprint density at radius 3 is 1.76 bits per heavy atom. The summed E-state index contributed by atoms with van der Waals surface area (Å²) < 4.78 is 11.3. The van der Waals surface area contributed by atoms with Crippen LogP contribution in [0.4, 0.5) is 0 Å². The lowest BCUT2D eigenvalue weighted by atomic mass is 9.97. The maximum Gasteiger partial charge on any atom is 0.164 e. The van der Waals surface area contributed by atoms with Gasteiger partial charge in [0.25, 0.3) is 0 Å². The van der Waals surface area contributed by atoms with Gasteiger partial charge in [-0.25, -0.2) is 15.0 Å². The standard InChI is InChI=1S/C57H34N4OS/c1-3-12-37(13-4-1)55-58-56(40-26-29-44-43-17-8-10-21-52(43)63-53(44)34-40)60-57(59-55)45-18-11-20-51-54(45)47-33-39(28-31-50(47)62-51)36-24-22-35(23-25-36)38-27-30-49-46(32-38)42-16-7-9-19-48(42)61(49)41-14-5-2-6-15-41/h1-34H. The van der Waals surface area contributed by atoms with Crippen LogP contribution in [0.25, 0.3) is 126 Å². The van der Waals surface area contributed by atoms with Gasteiger partial charge in [0, 0.05) is 64.1 Å². The number of thiophene rings is 1. The molecule has 0 saturated heterocycles. The predicted molar refractivity (Wildman–Crippen MR) is 262 cm³/mol. The number of nitrogens with zero attached hydrogens (tertiary/aromatic N) is 4. The summed E-state index contributed by atoms with van der Waals surface area (Å²) in [5.74, 6) is 1.85. The third kappa shape index (κ3) is 5.87. The molecule has 0 aliphatic carbocycles. The predicted octanol–water partition coefficient (Wildman–Crippen LogP) is 15.6. The first kappa shape index (κ1) is 35.6. The molecule has 0 atom stereocenters. The van der Waals surface area contributed by atoms with Crippen LogP contribution in [0, 0.1) is 0 Å². The molecule has 13 rings (SSSR count). The number of rotatable bonds is 6. The molecule has 4 aromatic heterocycles. The molecule has 0 N–H and O–H groups in total. The zero-order valence-corrected chi connectivity index (χ0v) is 34.6. The van der Waals surface area contributed by atoms with E-state index in [1.807, 2.05) is 42.5 Å². The molecule has 0 unspecified atom stereocenters. The van der Waals surface area contributed by atoms with Crippen molar-refractivity contribution >= 4 is 75.3 Å². The minimum atomic E-state index is 0.599. The highest BCUT2D eigenvalue weighted by Crippen LogP contribution is 2.41. The average molecular weight is 823 g/mol. The number of para-hydroxylation sites is 2. The van der Waals surface area contributed by atoms with Crippen LogP contribution in [0.2, 0.25) is 0 Å². The number of fused-ring (bicyclic) bond motifs is 9. The summed E-state index contributed by atoms with van der Waals surface area (Å²) in [6.07, 6.45) is 0. The van der Waals surface area contributed by atoms with Crippen molar-refractivity contribution in [3.8, 4) is 62.1 Å². The average Bonchev–Trinajstić information content (AvgIpc) is 4.03. The summed E-state index contributed by atoms with van der Waals surface area (Å²) in [6, 6.07) is 72.8. The van der Waals surface area contributed by atoms with Gasteiger partial charge in [-0.3, -0.25) is 0 Å². The van der Waals surface area contributed by atoms with Crippen LogP contribution in [0.15, 0.2) is 211 Å². The molecule has 0 saturated carbocycles. The lowest BCUT2D eigenvalue weighted by Crippen LogP contribution is -2.00. The van der Waals surface area contributed by atoms with E-state index in [0.717, 1.165) is 55.4 Å². The number of benzene rings is 9. The minimum Gasteiger partial charge on any atom is -0.456 e. The quantitative estimate of drug-likeness (QED) is 0.168. The van der Waals surface area contributed by atoms with E-state index in [0.29, 0.717) is 17.5 Å². The van der Waals surface area contributed by atoms with E-state index in [2.05, 4.69) is 168 Å². The summed E-state index contributed by atoms with van der Waals surface area (Å²) in [7, 11) is 0. The molecule has 0 bridgehead atoms. The highest BCUT2D eigenvalue weighted by atomic mass is 32.1. The van der Waals surface area contributed by atoms with Crippen molar-refractivity contribution in [2.24, 2.45) is 0 Å². The molecule has 63 heavy (non-hydrogen) atoms. The molecule has 0 radical (unpaired) electrons. The van der Waals surface area contributed by atoms with Gasteiger partial charge in [-0.15, -0.1) is 11.3 Å². The fraction of sp³-hybridized carbons (Fsp3) is 0. The number of hydrogen-bond donors (Lipinski definition) is 0. The van der Waals surface area contributed by atoms with Crippen molar-refractivity contribution in [2.75, 3.05) is 0 Å². The fourth-order valence-corrected chi connectivity index (χ4v) is 10.4. The van der Waals surface area contributed by atoms with E-state index < -0.39 is 0 Å². The first-order chi connectivity index (χ1) is 31.2. The van der Waals surface area contributed by atoms with Gasteiger partial charge in [-0.05, 0) is 82.9 Å². The lowest BCUT2D eigenvalue weighted by Gasteiger charge is -2.10. The van der Waals surface area contributed by atoms with Crippen molar-refractivity contribution in [1.29, 1.82) is 0 Å². The SMILES string of the molecule is c1ccc(-c2nc(-c3ccc4c(c3)sc3ccccc34)nc(-c3cccc4oc5ccc(-c6ccc(-c7ccc8c(c7)c7ccccc7n8-c7ccccc7)cc6)cc5c34)n2)cc1. The van der Waals surface area contributed by atoms with Crippen molar-refractivity contribution in [2.45, 2.75) is 0 Å². The summed E-state index contributed by atoms with van der Waals surface area (Å²) in [5, 5.41) is 6.97. The monoisotopic (exact) mass is 822 g/mol. The van der Waals surface area contributed by atoms with Gasteiger partial charge in [-0.2, -0.15) is 0 Å². The molecule has 5 nitrogen and oxygen atoms in total. The molecule has 0 aliphatic rings. The second-order valence-corrected chi connectivity index (χ2v) is 17.1. The van der Waals surface area contributed by atoms with Gasteiger partial charge < -0.3 is 8.98 Å². The molecule has 0 fully saturated rings. The molecular formula is C57H34N4OS. The molecule has 9 aromatic carbocycles. The van der Waals surface area contributed by atoms with E-state index in [1.54, 1.807) is 11.3 Å². The minimum absolute atomic E-state index is 0.599. The molecule has 4 heterocycles. The third-order valence-electron chi connectivity index (χ3n) is 12.3. The van der Waals surface area contributed by atoms with E-state index in [4.69, 9.17) is 19.4 Å². The van der Waals surface area contributed by atoms with Gasteiger partial charge >= 0.3 is 0 Å². The van der Waals surface area contributed by atoms with Crippen LogP contribution in [0.1, 0.15) is 0 Å². The Morgan fingerprint density at radius 1 is 0.349 bits per heavy atom. The summed E-state index contributed by atoms with van der Waals surface area (Å²) in [5.41, 5.74) is 12.5. The molecule has 0 amide bonds. The summed E-state index contributed by atoms with van der Waals surface area (Å²) in [4.78, 5) is 15.4.